The second-order valence-electron chi connectivity index (χ2n) is 5.97. The Morgan fingerprint density at radius 2 is 2.24 bits per heavy atom. The van der Waals surface area contributed by atoms with Gasteiger partial charge in [0.2, 0.25) is 5.95 Å². The molecule has 4 rings (SSSR count). The Hall–Kier alpha value is -3.00. The highest BCUT2D eigenvalue weighted by Crippen LogP contribution is 2.26. The van der Waals surface area contributed by atoms with Crippen molar-refractivity contribution in [2.24, 2.45) is 7.05 Å². The number of nitrogens with one attached hydrogen (secondary N) is 2. The molecule has 25 heavy (non-hydrogen) atoms. The van der Waals surface area contributed by atoms with Crippen LogP contribution in [0.5, 0.6) is 0 Å². The first-order valence-electron chi connectivity index (χ1n) is 8.07. The fraction of sp³-hybridized carbons (Fsp3) is 0.294. The number of hydrogen-bond donors (Lipinski definition) is 2. The van der Waals surface area contributed by atoms with Gasteiger partial charge in [-0.3, -0.25) is 20.0 Å². The predicted molar refractivity (Wildman–Crippen MR) is 91.5 cm³/mol. The minimum Gasteiger partial charge on any atom is -0.370 e. The lowest BCUT2D eigenvalue weighted by Crippen LogP contribution is -2.22. The van der Waals surface area contributed by atoms with Gasteiger partial charge in [0.1, 0.15) is 6.10 Å². The summed E-state index contributed by atoms with van der Waals surface area (Å²) in [5.41, 5.74) is 0.733. The zero-order valence-electron chi connectivity index (χ0n) is 13.7. The molecule has 1 amide bonds. The Kier molecular flexibility index (Phi) is 3.81. The van der Waals surface area contributed by atoms with E-state index in [-0.39, 0.29) is 17.6 Å². The molecular weight excluding hydrogens is 322 g/mol. The zero-order chi connectivity index (χ0) is 17.4. The Labute approximate surface area is 142 Å². The molecule has 8 heteroatoms. The molecule has 1 unspecified atom stereocenters. The van der Waals surface area contributed by atoms with Crippen LogP contribution in [-0.4, -0.2) is 32.3 Å². The van der Waals surface area contributed by atoms with Crippen molar-refractivity contribution < 1.29 is 9.53 Å². The summed E-state index contributed by atoms with van der Waals surface area (Å²) in [5, 5.41) is 10.1. The number of hydrogen-bond acceptors (Lipinski definition) is 5. The highest BCUT2D eigenvalue weighted by Gasteiger charge is 2.22. The summed E-state index contributed by atoms with van der Waals surface area (Å²) < 4.78 is 7.05. The van der Waals surface area contributed by atoms with Gasteiger partial charge in [-0.05, 0) is 18.9 Å². The molecule has 0 saturated carbocycles. The lowest BCUT2D eigenvalue weighted by Gasteiger charge is -2.09. The molecule has 0 bridgehead atoms. The van der Waals surface area contributed by atoms with Crippen molar-refractivity contribution in [3.8, 4) is 0 Å². The molecular formula is C17H17N5O3. The van der Waals surface area contributed by atoms with E-state index < -0.39 is 5.91 Å². The number of H-pyrrole nitrogens is 1. The monoisotopic (exact) mass is 339 g/mol. The maximum absolute atomic E-state index is 12.6. The van der Waals surface area contributed by atoms with Crippen LogP contribution in [0.15, 0.2) is 35.1 Å². The number of aryl methyl sites for hydroxylation is 1. The quantitative estimate of drug-likeness (QED) is 0.757. The number of amides is 1. The summed E-state index contributed by atoms with van der Waals surface area (Å²) in [5.74, 6) is 0.341. The number of benzene rings is 1. The molecule has 2 aromatic heterocycles. The molecule has 1 aliphatic rings. The smallest absolute Gasteiger partial charge is 0.258 e. The number of fused-ring (bicyclic) bond motifs is 1. The van der Waals surface area contributed by atoms with Crippen LogP contribution in [0.1, 0.15) is 35.1 Å². The van der Waals surface area contributed by atoms with E-state index in [1.54, 1.807) is 19.2 Å². The number of aromatic nitrogens is 4. The first kappa shape index (κ1) is 15.5. The molecule has 0 spiro atoms. The van der Waals surface area contributed by atoms with Gasteiger partial charge in [0.15, 0.2) is 5.82 Å². The molecule has 1 saturated heterocycles. The first-order valence-corrected chi connectivity index (χ1v) is 8.07. The highest BCUT2D eigenvalue weighted by atomic mass is 16.5. The van der Waals surface area contributed by atoms with Crippen LogP contribution < -0.4 is 10.9 Å². The number of para-hydroxylation sites is 1. The van der Waals surface area contributed by atoms with E-state index in [2.05, 4.69) is 20.5 Å². The third kappa shape index (κ3) is 2.80. The van der Waals surface area contributed by atoms with Crippen molar-refractivity contribution >= 4 is 22.8 Å². The van der Waals surface area contributed by atoms with Crippen LogP contribution in [0, 0.1) is 0 Å². The van der Waals surface area contributed by atoms with E-state index in [9.17, 15) is 9.59 Å². The topological polar surface area (TPSA) is 102 Å². The summed E-state index contributed by atoms with van der Waals surface area (Å²) in [6, 6.07) is 8.58. The van der Waals surface area contributed by atoms with Crippen LogP contribution in [0.2, 0.25) is 0 Å². The van der Waals surface area contributed by atoms with E-state index in [1.807, 2.05) is 12.1 Å². The molecule has 2 N–H and O–H groups in total. The van der Waals surface area contributed by atoms with Crippen LogP contribution in [0.4, 0.5) is 5.95 Å². The zero-order valence-corrected chi connectivity index (χ0v) is 13.7. The van der Waals surface area contributed by atoms with Crippen molar-refractivity contribution in [2.45, 2.75) is 18.9 Å². The van der Waals surface area contributed by atoms with Gasteiger partial charge in [-0.1, -0.05) is 18.2 Å². The van der Waals surface area contributed by atoms with Crippen LogP contribution >= 0.6 is 0 Å². The fourth-order valence-corrected chi connectivity index (χ4v) is 3.03. The second kappa shape index (κ2) is 6.14. The third-order valence-electron chi connectivity index (χ3n) is 4.36. The summed E-state index contributed by atoms with van der Waals surface area (Å²) in [7, 11) is 1.68. The number of pyridine rings is 1. The molecule has 0 radical (unpaired) electrons. The number of carbonyl (C=O) groups is 1. The minimum atomic E-state index is -0.424. The number of carbonyl (C=O) groups excluding carboxylic acids is 1. The lowest BCUT2D eigenvalue weighted by molar-refractivity contribution is 0.102. The molecule has 1 aliphatic heterocycles. The Morgan fingerprint density at radius 1 is 1.40 bits per heavy atom. The average Bonchev–Trinajstić information content (AvgIpc) is 3.29. The molecule has 8 nitrogen and oxygen atoms in total. The molecule has 128 valence electrons. The van der Waals surface area contributed by atoms with Gasteiger partial charge in [-0.25, -0.2) is 0 Å². The third-order valence-corrected chi connectivity index (χ3v) is 4.36. The fourth-order valence-electron chi connectivity index (χ4n) is 3.03. The van der Waals surface area contributed by atoms with Gasteiger partial charge in [0.05, 0.1) is 11.1 Å². The van der Waals surface area contributed by atoms with Crippen molar-refractivity contribution in [3.05, 3.63) is 52.1 Å². The molecule has 3 aromatic rings. The molecule has 0 aliphatic carbocycles. The van der Waals surface area contributed by atoms with Crippen molar-refractivity contribution in [2.75, 3.05) is 11.9 Å². The van der Waals surface area contributed by atoms with Crippen LogP contribution in [-0.2, 0) is 11.8 Å². The highest BCUT2D eigenvalue weighted by molar-refractivity contribution is 6.11. The SMILES string of the molecule is Cn1c(=O)cc(C(=O)Nc2n[nH]c(C3CCCO3)n2)c2ccccc21. The predicted octanol–water partition coefficient (Wildman–Crippen LogP) is 1.76. The number of ether oxygens (including phenoxy) is 1. The Bertz CT molecular complexity index is 1000. The van der Waals surface area contributed by atoms with E-state index >= 15 is 0 Å². The lowest BCUT2D eigenvalue weighted by atomic mass is 10.1. The summed E-state index contributed by atoms with van der Waals surface area (Å²) in [6.45, 7) is 0.701. The van der Waals surface area contributed by atoms with Crippen LogP contribution in [0.3, 0.4) is 0 Å². The maximum Gasteiger partial charge on any atom is 0.258 e. The van der Waals surface area contributed by atoms with E-state index in [1.165, 1.54) is 10.6 Å². The van der Waals surface area contributed by atoms with Gasteiger partial charge >= 0.3 is 0 Å². The summed E-state index contributed by atoms with van der Waals surface area (Å²) >= 11 is 0. The Balaban J connectivity index is 1.64. The van der Waals surface area contributed by atoms with E-state index in [0.29, 0.717) is 28.9 Å². The number of nitrogens with zero attached hydrogens (tertiary/aromatic N) is 3. The van der Waals surface area contributed by atoms with E-state index in [0.717, 1.165) is 12.8 Å². The van der Waals surface area contributed by atoms with Crippen molar-refractivity contribution in [3.63, 3.8) is 0 Å². The van der Waals surface area contributed by atoms with E-state index in [4.69, 9.17) is 4.74 Å². The Morgan fingerprint density at radius 3 is 3.04 bits per heavy atom. The molecule has 1 aromatic carbocycles. The molecule has 1 atom stereocenters. The average molecular weight is 339 g/mol. The van der Waals surface area contributed by atoms with Crippen molar-refractivity contribution in [1.29, 1.82) is 0 Å². The first-order chi connectivity index (χ1) is 12.1. The largest absolute Gasteiger partial charge is 0.370 e. The summed E-state index contributed by atoms with van der Waals surface area (Å²) in [6.07, 6.45) is 1.75. The van der Waals surface area contributed by atoms with Gasteiger partial charge in [-0.15, -0.1) is 5.10 Å². The van der Waals surface area contributed by atoms with Crippen molar-refractivity contribution in [1.82, 2.24) is 19.7 Å². The van der Waals surface area contributed by atoms with Crippen LogP contribution in [0.25, 0.3) is 10.9 Å². The summed E-state index contributed by atoms with van der Waals surface area (Å²) in [4.78, 5) is 29.0. The van der Waals surface area contributed by atoms with Gasteiger partial charge in [0.25, 0.3) is 11.5 Å². The molecule has 3 heterocycles. The minimum absolute atomic E-state index is 0.108. The maximum atomic E-state index is 12.6. The van der Waals surface area contributed by atoms with Gasteiger partial charge in [0, 0.05) is 25.1 Å². The standard InChI is InChI=1S/C17H17N5O3/c1-22-12-6-3-2-5-10(12)11(9-14(22)23)16(24)19-17-18-15(20-21-17)13-7-4-8-25-13/h2-3,5-6,9,13H,4,7-8H2,1H3,(H2,18,19,20,21,24). The second-order valence-corrected chi connectivity index (χ2v) is 5.97. The van der Waals surface area contributed by atoms with Gasteiger partial charge < -0.3 is 9.30 Å². The normalized spacial score (nSPS) is 17.1. The van der Waals surface area contributed by atoms with Gasteiger partial charge in [-0.2, -0.15) is 4.98 Å². The number of anilines is 1. The number of aromatic amines is 1. The number of rotatable bonds is 3. The molecule has 1 fully saturated rings.